The number of urea groups is 1. The zero-order valence-corrected chi connectivity index (χ0v) is 15.7. The lowest BCUT2D eigenvalue weighted by Crippen LogP contribution is -2.46. The molecule has 2 heterocycles. The third-order valence-corrected chi connectivity index (χ3v) is 4.50. The summed E-state index contributed by atoms with van der Waals surface area (Å²) in [6, 6.07) is 6.33. The molecule has 1 N–H and O–H groups in total. The van der Waals surface area contributed by atoms with Gasteiger partial charge in [-0.3, -0.25) is 0 Å². The summed E-state index contributed by atoms with van der Waals surface area (Å²) in [5, 5.41) is 2.99. The molecule has 6 heteroatoms. The van der Waals surface area contributed by atoms with E-state index in [2.05, 4.69) is 28.3 Å². The van der Waals surface area contributed by atoms with Crippen molar-refractivity contribution in [1.82, 2.24) is 14.9 Å². The van der Waals surface area contributed by atoms with E-state index in [1.807, 2.05) is 26.0 Å². The Labute approximate surface area is 154 Å². The normalized spacial score (nSPS) is 17.0. The minimum atomic E-state index is -0.0921. The molecule has 0 aliphatic carbocycles. The first-order chi connectivity index (χ1) is 12.5. The third kappa shape index (κ3) is 4.71. The van der Waals surface area contributed by atoms with Gasteiger partial charge < -0.3 is 15.0 Å². The van der Waals surface area contributed by atoms with Crippen LogP contribution >= 0.6 is 0 Å². The molecule has 2 amide bonds. The first kappa shape index (κ1) is 18.2. The molecular formula is C20H26N4O2. The Bertz CT molecular complexity index is 741. The Morgan fingerprint density at radius 1 is 1.23 bits per heavy atom. The molecule has 0 saturated carbocycles. The summed E-state index contributed by atoms with van der Waals surface area (Å²) in [7, 11) is 0. The minimum absolute atomic E-state index is 0.0822. The van der Waals surface area contributed by atoms with Crippen molar-refractivity contribution in [2.75, 3.05) is 18.4 Å². The molecule has 1 fully saturated rings. The van der Waals surface area contributed by atoms with Crippen LogP contribution in [-0.4, -0.2) is 40.1 Å². The molecule has 6 nitrogen and oxygen atoms in total. The summed E-state index contributed by atoms with van der Waals surface area (Å²) in [6.45, 7) is 7.38. The van der Waals surface area contributed by atoms with Crippen molar-refractivity contribution in [2.45, 2.75) is 46.1 Å². The quantitative estimate of drug-likeness (QED) is 0.908. The molecule has 1 atom stereocenters. The van der Waals surface area contributed by atoms with Gasteiger partial charge in [0.25, 0.3) is 0 Å². The number of ether oxygens (including phenoxy) is 1. The average Bonchev–Trinajstić information content (AvgIpc) is 2.62. The number of anilines is 1. The average molecular weight is 354 g/mol. The molecule has 0 radical (unpaired) electrons. The SMILES string of the molecule is CCc1cnc(OC2CCCN(C(=O)Nc3cc(C)cc(C)c3)C2)nc1. The van der Waals surface area contributed by atoms with Crippen LogP contribution < -0.4 is 10.1 Å². The monoisotopic (exact) mass is 354 g/mol. The van der Waals surface area contributed by atoms with Gasteiger partial charge in [-0.2, -0.15) is 0 Å². The van der Waals surface area contributed by atoms with E-state index in [1.165, 1.54) is 0 Å². The largest absolute Gasteiger partial charge is 0.458 e. The first-order valence-corrected chi connectivity index (χ1v) is 9.15. The Balaban J connectivity index is 1.59. The fourth-order valence-electron chi connectivity index (χ4n) is 3.20. The topological polar surface area (TPSA) is 67.3 Å². The first-order valence-electron chi connectivity index (χ1n) is 9.15. The zero-order valence-electron chi connectivity index (χ0n) is 15.7. The minimum Gasteiger partial charge on any atom is -0.458 e. The molecule has 0 spiro atoms. The summed E-state index contributed by atoms with van der Waals surface area (Å²) in [5.41, 5.74) is 4.17. The summed E-state index contributed by atoms with van der Waals surface area (Å²) in [4.78, 5) is 22.9. The fraction of sp³-hybridized carbons (Fsp3) is 0.450. The molecule has 1 aliphatic rings. The van der Waals surface area contributed by atoms with Gasteiger partial charge in [-0.1, -0.05) is 13.0 Å². The number of carbonyl (C=O) groups is 1. The maximum atomic E-state index is 12.6. The number of nitrogens with zero attached hydrogens (tertiary/aromatic N) is 3. The second-order valence-electron chi connectivity index (χ2n) is 6.86. The predicted octanol–water partition coefficient (Wildman–Crippen LogP) is 3.73. The van der Waals surface area contributed by atoms with Gasteiger partial charge in [-0.15, -0.1) is 0 Å². The van der Waals surface area contributed by atoms with E-state index in [4.69, 9.17) is 4.74 Å². The van der Waals surface area contributed by atoms with Crippen LogP contribution in [0.25, 0.3) is 0 Å². The van der Waals surface area contributed by atoms with Crippen LogP contribution in [-0.2, 0) is 6.42 Å². The van der Waals surface area contributed by atoms with Gasteiger partial charge in [-0.05, 0) is 61.9 Å². The third-order valence-electron chi connectivity index (χ3n) is 4.50. The lowest BCUT2D eigenvalue weighted by Gasteiger charge is -2.32. The molecular weight excluding hydrogens is 328 g/mol. The maximum absolute atomic E-state index is 12.6. The number of amides is 2. The molecule has 1 aromatic heterocycles. The van der Waals surface area contributed by atoms with Crippen molar-refractivity contribution >= 4 is 11.7 Å². The predicted molar refractivity (Wildman–Crippen MR) is 102 cm³/mol. The highest BCUT2D eigenvalue weighted by atomic mass is 16.5. The number of hydrogen-bond acceptors (Lipinski definition) is 4. The number of benzene rings is 1. The van der Waals surface area contributed by atoms with Gasteiger partial charge in [0.05, 0.1) is 6.54 Å². The highest BCUT2D eigenvalue weighted by molar-refractivity contribution is 5.89. The highest BCUT2D eigenvalue weighted by Crippen LogP contribution is 2.18. The molecule has 1 unspecified atom stereocenters. The smallest absolute Gasteiger partial charge is 0.321 e. The van der Waals surface area contributed by atoms with E-state index in [0.29, 0.717) is 12.6 Å². The number of likely N-dealkylation sites (tertiary alicyclic amines) is 1. The summed E-state index contributed by atoms with van der Waals surface area (Å²) >= 11 is 0. The molecule has 1 aromatic carbocycles. The Kier molecular flexibility index (Phi) is 5.71. The molecule has 2 aromatic rings. The lowest BCUT2D eigenvalue weighted by atomic mass is 10.1. The van der Waals surface area contributed by atoms with E-state index in [0.717, 1.165) is 48.2 Å². The second kappa shape index (κ2) is 8.17. The Hall–Kier alpha value is -2.63. The van der Waals surface area contributed by atoms with Crippen LogP contribution in [0.15, 0.2) is 30.6 Å². The van der Waals surface area contributed by atoms with Crippen molar-refractivity contribution in [3.8, 4) is 6.01 Å². The van der Waals surface area contributed by atoms with Gasteiger partial charge in [-0.25, -0.2) is 14.8 Å². The lowest BCUT2D eigenvalue weighted by molar-refractivity contribution is 0.0982. The summed E-state index contributed by atoms with van der Waals surface area (Å²) in [5.74, 6) is 0. The van der Waals surface area contributed by atoms with Crippen molar-refractivity contribution in [2.24, 2.45) is 0 Å². The van der Waals surface area contributed by atoms with Crippen LogP contribution in [0.2, 0.25) is 0 Å². The van der Waals surface area contributed by atoms with Crippen molar-refractivity contribution in [1.29, 1.82) is 0 Å². The number of rotatable bonds is 4. The molecule has 1 saturated heterocycles. The standard InChI is InChI=1S/C20H26N4O2/c1-4-16-11-21-19(22-12-16)26-18-6-5-7-24(13-18)20(25)23-17-9-14(2)8-15(3)10-17/h8-12,18H,4-7,13H2,1-3H3,(H,23,25). The Morgan fingerprint density at radius 2 is 1.92 bits per heavy atom. The molecule has 1 aliphatic heterocycles. The number of aromatic nitrogens is 2. The van der Waals surface area contributed by atoms with E-state index < -0.39 is 0 Å². The number of hydrogen-bond donors (Lipinski definition) is 1. The van der Waals surface area contributed by atoms with Crippen LogP contribution in [0.3, 0.4) is 0 Å². The maximum Gasteiger partial charge on any atom is 0.321 e. The van der Waals surface area contributed by atoms with Crippen molar-refractivity contribution in [3.63, 3.8) is 0 Å². The van der Waals surface area contributed by atoms with E-state index >= 15 is 0 Å². The summed E-state index contributed by atoms with van der Waals surface area (Å²) in [6.07, 6.45) is 6.19. The number of aryl methyl sites for hydroxylation is 3. The van der Waals surface area contributed by atoms with E-state index in [1.54, 1.807) is 17.3 Å². The van der Waals surface area contributed by atoms with Crippen LogP contribution in [0, 0.1) is 13.8 Å². The number of piperidine rings is 1. The van der Waals surface area contributed by atoms with Gasteiger partial charge in [0.2, 0.25) is 0 Å². The molecule has 26 heavy (non-hydrogen) atoms. The van der Waals surface area contributed by atoms with E-state index in [-0.39, 0.29) is 12.1 Å². The molecule has 138 valence electrons. The highest BCUT2D eigenvalue weighted by Gasteiger charge is 2.25. The van der Waals surface area contributed by atoms with Gasteiger partial charge in [0, 0.05) is 24.6 Å². The number of nitrogens with one attached hydrogen (secondary N) is 1. The van der Waals surface area contributed by atoms with Crippen molar-refractivity contribution < 1.29 is 9.53 Å². The Morgan fingerprint density at radius 3 is 2.58 bits per heavy atom. The van der Waals surface area contributed by atoms with Crippen LogP contribution in [0.4, 0.5) is 10.5 Å². The van der Waals surface area contributed by atoms with Crippen molar-refractivity contribution in [3.05, 3.63) is 47.3 Å². The van der Waals surface area contributed by atoms with Crippen LogP contribution in [0.5, 0.6) is 6.01 Å². The zero-order chi connectivity index (χ0) is 18.5. The van der Waals surface area contributed by atoms with Gasteiger partial charge in [0.15, 0.2) is 0 Å². The second-order valence-corrected chi connectivity index (χ2v) is 6.86. The summed E-state index contributed by atoms with van der Waals surface area (Å²) < 4.78 is 5.88. The van der Waals surface area contributed by atoms with E-state index in [9.17, 15) is 4.79 Å². The molecule has 0 bridgehead atoms. The number of carbonyl (C=O) groups excluding carboxylic acids is 1. The fourth-order valence-corrected chi connectivity index (χ4v) is 3.20. The molecule has 3 rings (SSSR count). The van der Waals surface area contributed by atoms with Gasteiger partial charge >= 0.3 is 12.0 Å². The van der Waals surface area contributed by atoms with Gasteiger partial charge in [0.1, 0.15) is 6.10 Å². The van der Waals surface area contributed by atoms with Crippen LogP contribution in [0.1, 0.15) is 36.5 Å².